The van der Waals surface area contributed by atoms with E-state index in [9.17, 15) is 5.11 Å². The first-order valence-corrected chi connectivity index (χ1v) is 7.35. The van der Waals surface area contributed by atoms with Gasteiger partial charge in [-0.15, -0.1) is 0 Å². The number of nitrogens with one attached hydrogen (secondary N) is 1. The molecule has 0 fully saturated rings. The lowest BCUT2D eigenvalue weighted by Gasteiger charge is -2.14. The van der Waals surface area contributed by atoms with Gasteiger partial charge in [-0.25, -0.2) is 0 Å². The Hall–Kier alpha value is -1.27. The van der Waals surface area contributed by atoms with Crippen molar-refractivity contribution in [3.05, 3.63) is 46.7 Å². The smallest absolute Gasteiger partial charge is 0.138 e. The number of aliphatic hydroxyl groups excluding tert-OH is 1. The fourth-order valence-corrected chi connectivity index (χ4v) is 2.20. The van der Waals surface area contributed by atoms with Crippen molar-refractivity contribution in [2.24, 2.45) is 0 Å². The van der Waals surface area contributed by atoms with Gasteiger partial charge in [-0.05, 0) is 24.3 Å². The van der Waals surface area contributed by atoms with Crippen LogP contribution in [0, 0.1) is 0 Å². The maximum absolute atomic E-state index is 9.83. The average Bonchev–Trinajstić information content (AvgIpc) is 2.96. The number of halogens is 2. The number of aliphatic hydroxyl groups is 1. The summed E-state index contributed by atoms with van der Waals surface area (Å²) in [6, 6.07) is 6.85. The van der Waals surface area contributed by atoms with Crippen molar-refractivity contribution < 1.29 is 9.84 Å². The zero-order valence-electron chi connectivity index (χ0n) is 11.4. The maximum atomic E-state index is 9.83. The van der Waals surface area contributed by atoms with Crippen molar-refractivity contribution in [1.82, 2.24) is 15.1 Å². The van der Waals surface area contributed by atoms with E-state index in [2.05, 4.69) is 10.4 Å². The number of benzene rings is 1. The van der Waals surface area contributed by atoms with Crippen LogP contribution in [-0.2, 0) is 6.54 Å². The summed E-state index contributed by atoms with van der Waals surface area (Å²) < 4.78 is 7.28. The van der Waals surface area contributed by atoms with Crippen LogP contribution in [0.1, 0.15) is 0 Å². The van der Waals surface area contributed by atoms with Gasteiger partial charge < -0.3 is 15.2 Å². The molecule has 1 atom stereocenters. The molecule has 1 aromatic carbocycles. The molecule has 0 aliphatic rings. The molecule has 2 rings (SSSR count). The zero-order valence-corrected chi connectivity index (χ0v) is 12.9. The molecule has 0 bridgehead atoms. The quantitative estimate of drug-likeness (QED) is 0.729. The summed E-state index contributed by atoms with van der Waals surface area (Å²) in [4.78, 5) is 0. The molecule has 1 heterocycles. The first-order valence-electron chi connectivity index (χ1n) is 6.59. The van der Waals surface area contributed by atoms with Crippen LogP contribution in [0.25, 0.3) is 0 Å². The Morgan fingerprint density at radius 3 is 2.95 bits per heavy atom. The van der Waals surface area contributed by atoms with E-state index >= 15 is 0 Å². The molecule has 2 N–H and O–H groups in total. The SMILES string of the molecule is OC(CNCCn1cccn1)COc1ccc(Cl)cc1Cl. The lowest BCUT2D eigenvalue weighted by Crippen LogP contribution is -2.33. The molecule has 21 heavy (non-hydrogen) atoms. The molecule has 7 heteroatoms. The van der Waals surface area contributed by atoms with Crippen LogP contribution in [0.5, 0.6) is 5.75 Å². The number of rotatable bonds is 8. The fourth-order valence-electron chi connectivity index (χ4n) is 1.73. The number of nitrogens with zero attached hydrogens (tertiary/aromatic N) is 2. The van der Waals surface area contributed by atoms with E-state index in [1.54, 1.807) is 24.4 Å². The van der Waals surface area contributed by atoms with Gasteiger partial charge in [0, 0.05) is 30.5 Å². The van der Waals surface area contributed by atoms with E-state index in [0.717, 1.165) is 13.1 Å². The first kappa shape index (κ1) is 16.1. The highest BCUT2D eigenvalue weighted by Crippen LogP contribution is 2.27. The van der Waals surface area contributed by atoms with E-state index in [4.69, 9.17) is 27.9 Å². The van der Waals surface area contributed by atoms with E-state index in [-0.39, 0.29) is 6.61 Å². The third kappa shape index (κ3) is 5.55. The van der Waals surface area contributed by atoms with Crippen LogP contribution in [0.2, 0.25) is 10.0 Å². The summed E-state index contributed by atoms with van der Waals surface area (Å²) in [5, 5.41) is 18.0. The molecule has 0 amide bonds. The van der Waals surface area contributed by atoms with Crippen molar-refractivity contribution in [3.8, 4) is 5.75 Å². The molecule has 0 aliphatic heterocycles. The maximum Gasteiger partial charge on any atom is 0.138 e. The van der Waals surface area contributed by atoms with E-state index in [1.165, 1.54) is 0 Å². The molecule has 0 aliphatic carbocycles. The topological polar surface area (TPSA) is 59.3 Å². The number of hydrogen-bond acceptors (Lipinski definition) is 4. The minimum atomic E-state index is -0.616. The summed E-state index contributed by atoms with van der Waals surface area (Å²) in [6.07, 6.45) is 3.01. The Balaban J connectivity index is 1.64. The minimum absolute atomic E-state index is 0.163. The van der Waals surface area contributed by atoms with Gasteiger partial charge >= 0.3 is 0 Å². The Morgan fingerprint density at radius 1 is 1.38 bits per heavy atom. The van der Waals surface area contributed by atoms with E-state index in [0.29, 0.717) is 22.3 Å². The largest absolute Gasteiger partial charge is 0.489 e. The van der Waals surface area contributed by atoms with Gasteiger partial charge in [0.25, 0.3) is 0 Å². The molecule has 0 saturated carbocycles. The predicted molar refractivity (Wildman–Crippen MR) is 83.1 cm³/mol. The lowest BCUT2D eigenvalue weighted by molar-refractivity contribution is 0.106. The second-order valence-corrected chi connectivity index (χ2v) is 5.36. The number of ether oxygens (including phenoxy) is 1. The monoisotopic (exact) mass is 329 g/mol. The number of hydrogen-bond donors (Lipinski definition) is 2. The molecule has 1 aromatic heterocycles. The van der Waals surface area contributed by atoms with E-state index < -0.39 is 6.10 Å². The highest BCUT2D eigenvalue weighted by Gasteiger charge is 2.07. The van der Waals surface area contributed by atoms with Gasteiger partial charge in [0.2, 0.25) is 0 Å². The van der Waals surface area contributed by atoms with Crippen LogP contribution in [0.15, 0.2) is 36.7 Å². The minimum Gasteiger partial charge on any atom is -0.489 e. The van der Waals surface area contributed by atoms with Crippen LogP contribution >= 0.6 is 23.2 Å². The Morgan fingerprint density at radius 2 is 2.24 bits per heavy atom. The van der Waals surface area contributed by atoms with Crippen molar-refractivity contribution in [2.75, 3.05) is 19.7 Å². The molecule has 0 radical (unpaired) electrons. The normalized spacial score (nSPS) is 12.3. The highest BCUT2D eigenvalue weighted by atomic mass is 35.5. The predicted octanol–water partition coefficient (Wildman–Crippen LogP) is 2.22. The van der Waals surface area contributed by atoms with Crippen LogP contribution in [-0.4, -0.2) is 40.7 Å². The summed E-state index contributed by atoms with van der Waals surface area (Å²) in [5.74, 6) is 0.511. The Bertz CT molecular complexity index is 549. The van der Waals surface area contributed by atoms with Gasteiger partial charge in [-0.2, -0.15) is 5.10 Å². The molecule has 114 valence electrons. The van der Waals surface area contributed by atoms with E-state index in [1.807, 2.05) is 16.9 Å². The third-order valence-corrected chi connectivity index (χ3v) is 3.31. The Kier molecular flexibility index (Phi) is 6.32. The summed E-state index contributed by atoms with van der Waals surface area (Å²) >= 11 is 11.8. The van der Waals surface area contributed by atoms with Gasteiger partial charge in [-0.3, -0.25) is 4.68 Å². The van der Waals surface area contributed by atoms with Gasteiger partial charge in [0.1, 0.15) is 18.5 Å². The highest BCUT2D eigenvalue weighted by molar-refractivity contribution is 6.35. The van der Waals surface area contributed by atoms with Crippen molar-refractivity contribution in [3.63, 3.8) is 0 Å². The van der Waals surface area contributed by atoms with Crippen molar-refractivity contribution in [1.29, 1.82) is 0 Å². The molecule has 1 unspecified atom stereocenters. The van der Waals surface area contributed by atoms with Crippen molar-refractivity contribution >= 4 is 23.2 Å². The summed E-state index contributed by atoms with van der Waals surface area (Å²) in [6.45, 7) is 2.08. The average molecular weight is 330 g/mol. The zero-order chi connectivity index (χ0) is 15.1. The second kappa shape index (κ2) is 8.24. The standard InChI is InChI=1S/C14H17Cl2N3O2/c15-11-2-3-14(13(16)8-11)21-10-12(20)9-17-5-7-19-6-1-4-18-19/h1-4,6,8,12,17,20H,5,7,9-10H2. The first-order chi connectivity index (χ1) is 10.1. The summed E-state index contributed by atoms with van der Waals surface area (Å²) in [5.41, 5.74) is 0. The fraction of sp³-hybridized carbons (Fsp3) is 0.357. The van der Waals surface area contributed by atoms with Crippen LogP contribution < -0.4 is 10.1 Å². The lowest BCUT2D eigenvalue weighted by atomic mass is 10.3. The third-order valence-electron chi connectivity index (χ3n) is 2.78. The second-order valence-electron chi connectivity index (χ2n) is 4.51. The summed E-state index contributed by atoms with van der Waals surface area (Å²) in [7, 11) is 0. The van der Waals surface area contributed by atoms with Gasteiger partial charge in [0.15, 0.2) is 0 Å². The van der Waals surface area contributed by atoms with Crippen LogP contribution in [0.3, 0.4) is 0 Å². The molecule has 0 spiro atoms. The Labute approximate surface area is 133 Å². The molecule has 0 saturated heterocycles. The molecule has 5 nitrogen and oxygen atoms in total. The molecular weight excluding hydrogens is 313 g/mol. The van der Waals surface area contributed by atoms with Crippen LogP contribution in [0.4, 0.5) is 0 Å². The van der Waals surface area contributed by atoms with Gasteiger partial charge in [0.05, 0.1) is 11.6 Å². The van der Waals surface area contributed by atoms with Gasteiger partial charge in [-0.1, -0.05) is 23.2 Å². The van der Waals surface area contributed by atoms with Crippen molar-refractivity contribution in [2.45, 2.75) is 12.6 Å². The molecule has 2 aromatic rings. The number of aromatic nitrogens is 2. The molecular formula is C14H17Cl2N3O2.